The van der Waals surface area contributed by atoms with Crippen LogP contribution in [0.15, 0.2) is 4.99 Å². The van der Waals surface area contributed by atoms with Gasteiger partial charge in [-0.1, -0.05) is 26.7 Å². The lowest BCUT2D eigenvalue weighted by Crippen LogP contribution is -2.42. The van der Waals surface area contributed by atoms with E-state index in [9.17, 15) is 0 Å². The predicted molar refractivity (Wildman–Crippen MR) is 96.6 cm³/mol. The minimum Gasteiger partial charge on any atom is -0.357 e. The maximum Gasteiger partial charge on any atom is 0.191 e. The number of aliphatic imine (C=N–C) groups is 1. The Morgan fingerprint density at radius 2 is 1.82 bits per heavy atom. The lowest BCUT2D eigenvalue weighted by atomic mass is 10.0. The molecule has 0 saturated carbocycles. The number of nitrogens with zero attached hydrogens (tertiary/aromatic N) is 3. The largest absolute Gasteiger partial charge is 0.357 e. The molecular weight excluding hydrogens is 274 g/mol. The molecular formula is C17H37N5. The molecule has 22 heavy (non-hydrogen) atoms. The van der Waals surface area contributed by atoms with Crippen LogP contribution in [0.4, 0.5) is 0 Å². The molecule has 0 aliphatic carbocycles. The fourth-order valence-electron chi connectivity index (χ4n) is 2.77. The van der Waals surface area contributed by atoms with Gasteiger partial charge in [-0.25, -0.2) is 0 Å². The number of hydrogen-bond acceptors (Lipinski definition) is 3. The van der Waals surface area contributed by atoms with Gasteiger partial charge in [-0.05, 0) is 39.4 Å². The van der Waals surface area contributed by atoms with Gasteiger partial charge >= 0.3 is 0 Å². The van der Waals surface area contributed by atoms with E-state index in [0.29, 0.717) is 5.92 Å². The van der Waals surface area contributed by atoms with Crippen LogP contribution in [0.5, 0.6) is 0 Å². The van der Waals surface area contributed by atoms with Gasteiger partial charge in [0.1, 0.15) is 0 Å². The summed E-state index contributed by atoms with van der Waals surface area (Å²) in [4.78, 5) is 9.72. The summed E-state index contributed by atoms with van der Waals surface area (Å²) in [5.41, 5.74) is 0. The highest BCUT2D eigenvalue weighted by Crippen LogP contribution is 2.07. The van der Waals surface area contributed by atoms with Crippen LogP contribution >= 0.6 is 0 Å². The van der Waals surface area contributed by atoms with E-state index >= 15 is 0 Å². The highest BCUT2D eigenvalue weighted by atomic mass is 15.2. The first-order valence-corrected chi connectivity index (χ1v) is 9.12. The van der Waals surface area contributed by atoms with Crippen molar-refractivity contribution in [3.05, 3.63) is 0 Å². The fraction of sp³-hybridized carbons (Fsp3) is 0.941. The number of nitrogens with one attached hydrogen (secondary N) is 2. The van der Waals surface area contributed by atoms with E-state index in [4.69, 9.17) is 4.99 Å². The molecule has 0 atom stereocenters. The standard InChI is InChI=1S/C17H37N5/c1-5-16(6-2)15-20-17(18-7-3)19-9-12-22-11-8-10-21(4)13-14-22/h16H,5-15H2,1-4H3,(H2,18,19,20). The minimum atomic E-state index is 0.705. The summed E-state index contributed by atoms with van der Waals surface area (Å²) in [5, 5.41) is 6.84. The van der Waals surface area contributed by atoms with Crippen molar-refractivity contribution in [2.75, 3.05) is 59.4 Å². The van der Waals surface area contributed by atoms with Crippen LogP contribution in [-0.2, 0) is 0 Å². The van der Waals surface area contributed by atoms with Gasteiger partial charge in [-0.15, -0.1) is 0 Å². The summed E-state index contributed by atoms with van der Waals surface area (Å²) in [5.74, 6) is 1.68. The Bertz CT molecular complexity index is 301. The number of rotatable bonds is 8. The Labute approximate surface area is 137 Å². The maximum atomic E-state index is 4.74. The highest BCUT2D eigenvalue weighted by Gasteiger charge is 2.11. The van der Waals surface area contributed by atoms with Crippen LogP contribution in [0.1, 0.15) is 40.0 Å². The van der Waals surface area contributed by atoms with Crippen LogP contribution in [-0.4, -0.2) is 75.2 Å². The van der Waals surface area contributed by atoms with E-state index in [1.165, 1.54) is 45.4 Å². The van der Waals surface area contributed by atoms with Crippen molar-refractivity contribution in [2.45, 2.75) is 40.0 Å². The molecule has 130 valence electrons. The van der Waals surface area contributed by atoms with E-state index in [0.717, 1.165) is 32.1 Å². The normalized spacial score (nSPS) is 18.5. The average Bonchev–Trinajstić information content (AvgIpc) is 2.73. The Morgan fingerprint density at radius 1 is 1.05 bits per heavy atom. The predicted octanol–water partition coefficient (Wildman–Crippen LogP) is 1.62. The molecule has 1 aliphatic heterocycles. The van der Waals surface area contributed by atoms with Crippen molar-refractivity contribution in [3.63, 3.8) is 0 Å². The van der Waals surface area contributed by atoms with Gasteiger partial charge in [0.2, 0.25) is 0 Å². The molecule has 0 radical (unpaired) electrons. The molecule has 1 heterocycles. The average molecular weight is 312 g/mol. The van der Waals surface area contributed by atoms with Crippen molar-refractivity contribution in [1.82, 2.24) is 20.4 Å². The van der Waals surface area contributed by atoms with Crippen molar-refractivity contribution < 1.29 is 0 Å². The van der Waals surface area contributed by atoms with Crippen LogP contribution in [0.2, 0.25) is 0 Å². The SMILES string of the molecule is CCNC(=NCC(CC)CC)NCCN1CCCN(C)CC1. The smallest absolute Gasteiger partial charge is 0.191 e. The zero-order valence-corrected chi connectivity index (χ0v) is 15.2. The topological polar surface area (TPSA) is 42.9 Å². The Morgan fingerprint density at radius 3 is 2.50 bits per heavy atom. The minimum absolute atomic E-state index is 0.705. The third kappa shape index (κ3) is 7.99. The number of likely N-dealkylation sites (N-methyl/N-ethyl adjacent to an activating group) is 1. The number of hydrogen-bond donors (Lipinski definition) is 2. The molecule has 0 unspecified atom stereocenters. The molecule has 1 rings (SSSR count). The van der Waals surface area contributed by atoms with Crippen LogP contribution in [0, 0.1) is 5.92 Å². The molecule has 0 aromatic heterocycles. The molecule has 5 nitrogen and oxygen atoms in total. The van der Waals surface area contributed by atoms with Crippen LogP contribution < -0.4 is 10.6 Å². The first kappa shape index (κ1) is 19.2. The summed E-state index contributed by atoms with van der Waals surface area (Å²) >= 11 is 0. The summed E-state index contributed by atoms with van der Waals surface area (Å²) < 4.78 is 0. The summed E-state index contributed by atoms with van der Waals surface area (Å²) in [6, 6.07) is 0. The Kier molecular flexibility index (Phi) is 10.2. The summed E-state index contributed by atoms with van der Waals surface area (Å²) in [7, 11) is 2.22. The Balaban J connectivity index is 2.32. The second kappa shape index (κ2) is 11.7. The molecule has 0 spiro atoms. The third-order valence-electron chi connectivity index (χ3n) is 4.54. The molecule has 0 amide bonds. The molecule has 0 aromatic carbocycles. The lowest BCUT2D eigenvalue weighted by molar-refractivity contribution is 0.280. The van der Waals surface area contributed by atoms with Crippen molar-refractivity contribution in [1.29, 1.82) is 0 Å². The third-order valence-corrected chi connectivity index (χ3v) is 4.54. The molecule has 1 aliphatic rings. The van der Waals surface area contributed by atoms with E-state index in [1.54, 1.807) is 0 Å². The zero-order valence-electron chi connectivity index (χ0n) is 15.2. The van der Waals surface area contributed by atoms with Crippen molar-refractivity contribution in [2.24, 2.45) is 10.9 Å². The van der Waals surface area contributed by atoms with Gasteiger partial charge < -0.3 is 20.4 Å². The van der Waals surface area contributed by atoms with Gasteiger partial charge in [0.25, 0.3) is 0 Å². The van der Waals surface area contributed by atoms with E-state index < -0.39 is 0 Å². The van der Waals surface area contributed by atoms with Crippen LogP contribution in [0.25, 0.3) is 0 Å². The van der Waals surface area contributed by atoms with Gasteiger partial charge in [-0.3, -0.25) is 4.99 Å². The second-order valence-electron chi connectivity index (χ2n) is 6.33. The molecule has 1 saturated heterocycles. The fourth-order valence-corrected chi connectivity index (χ4v) is 2.77. The lowest BCUT2D eigenvalue weighted by Gasteiger charge is -2.21. The number of guanidine groups is 1. The zero-order chi connectivity index (χ0) is 16.2. The van der Waals surface area contributed by atoms with Gasteiger partial charge in [0, 0.05) is 39.3 Å². The highest BCUT2D eigenvalue weighted by molar-refractivity contribution is 5.79. The molecule has 2 N–H and O–H groups in total. The monoisotopic (exact) mass is 311 g/mol. The molecule has 1 fully saturated rings. The van der Waals surface area contributed by atoms with Gasteiger partial charge in [0.15, 0.2) is 5.96 Å². The molecule has 5 heteroatoms. The van der Waals surface area contributed by atoms with E-state index in [1.807, 2.05) is 0 Å². The first-order chi connectivity index (χ1) is 10.7. The summed E-state index contributed by atoms with van der Waals surface area (Å²) in [6.45, 7) is 15.3. The van der Waals surface area contributed by atoms with Crippen LogP contribution in [0.3, 0.4) is 0 Å². The van der Waals surface area contributed by atoms with Crippen molar-refractivity contribution >= 4 is 5.96 Å². The first-order valence-electron chi connectivity index (χ1n) is 9.12. The van der Waals surface area contributed by atoms with E-state index in [2.05, 4.69) is 48.3 Å². The van der Waals surface area contributed by atoms with Gasteiger partial charge in [-0.2, -0.15) is 0 Å². The second-order valence-corrected chi connectivity index (χ2v) is 6.33. The summed E-state index contributed by atoms with van der Waals surface area (Å²) in [6.07, 6.45) is 3.70. The molecule has 0 bridgehead atoms. The van der Waals surface area contributed by atoms with Gasteiger partial charge in [0.05, 0.1) is 0 Å². The molecule has 0 aromatic rings. The maximum absolute atomic E-state index is 4.74. The van der Waals surface area contributed by atoms with Crippen molar-refractivity contribution in [3.8, 4) is 0 Å². The Hall–Kier alpha value is -0.810. The van der Waals surface area contributed by atoms with E-state index in [-0.39, 0.29) is 0 Å². The quantitative estimate of drug-likeness (QED) is 0.528.